The molecule has 1 fully saturated rings. The van der Waals surface area contributed by atoms with Gasteiger partial charge >= 0.3 is 0 Å². The van der Waals surface area contributed by atoms with E-state index in [2.05, 4.69) is 47.0 Å². The number of aromatic nitrogens is 3. The first-order valence-electron chi connectivity index (χ1n) is 6.49. The maximum atomic E-state index is 6.33. The highest BCUT2D eigenvalue weighted by molar-refractivity contribution is 9.11. The predicted octanol–water partition coefficient (Wildman–Crippen LogP) is 3.47. The second-order valence-corrected chi connectivity index (χ2v) is 7.01. The molecule has 20 heavy (non-hydrogen) atoms. The SMILES string of the molecule is NC1(Cc2nc(-c3ncc(Br)cc3Br)no2)CCCC1. The van der Waals surface area contributed by atoms with Crippen LogP contribution in [0.2, 0.25) is 0 Å². The molecule has 2 aromatic rings. The Morgan fingerprint density at radius 2 is 2.05 bits per heavy atom. The average molecular weight is 402 g/mol. The Kier molecular flexibility index (Phi) is 3.92. The smallest absolute Gasteiger partial charge is 0.228 e. The highest BCUT2D eigenvalue weighted by Gasteiger charge is 2.31. The first-order chi connectivity index (χ1) is 9.56. The molecule has 1 saturated carbocycles. The topological polar surface area (TPSA) is 77.8 Å². The molecule has 1 aliphatic rings. The van der Waals surface area contributed by atoms with E-state index >= 15 is 0 Å². The Morgan fingerprint density at radius 3 is 2.75 bits per heavy atom. The zero-order valence-corrected chi connectivity index (χ0v) is 13.9. The van der Waals surface area contributed by atoms with Gasteiger partial charge in [0.05, 0.1) is 0 Å². The van der Waals surface area contributed by atoms with Crippen LogP contribution in [0.15, 0.2) is 25.7 Å². The van der Waals surface area contributed by atoms with E-state index in [9.17, 15) is 0 Å². The summed E-state index contributed by atoms with van der Waals surface area (Å²) in [6, 6.07) is 1.90. The fourth-order valence-electron chi connectivity index (χ4n) is 2.56. The number of hydrogen-bond acceptors (Lipinski definition) is 5. The average Bonchev–Trinajstić information content (AvgIpc) is 2.99. The monoisotopic (exact) mass is 400 g/mol. The molecule has 2 heterocycles. The van der Waals surface area contributed by atoms with Gasteiger partial charge in [0.15, 0.2) is 0 Å². The summed E-state index contributed by atoms with van der Waals surface area (Å²) in [5.41, 5.74) is 6.81. The summed E-state index contributed by atoms with van der Waals surface area (Å²) in [4.78, 5) is 8.71. The molecule has 0 saturated heterocycles. The van der Waals surface area contributed by atoms with Crippen molar-refractivity contribution in [1.82, 2.24) is 15.1 Å². The summed E-state index contributed by atoms with van der Waals surface area (Å²) in [5.74, 6) is 1.07. The summed E-state index contributed by atoms with van der Waals surface area (Å²) < 4.78 is 7.03. The van der Waals surface area contributed by atoms with Crippen molar-refractivity contribution in [3.05, 3.63) is 27.1 Å². The van der Waals surface area contributed by atoms with Crippen LogP contribution >= 0.6 is 31.9 Å². The molecule has 2 N–H and O–H groups in total. The lowest BCUT2D eigenvalue weighted by molar-refractivity contribution is 0.329. The molecular weight excluding hydrogens is 388 g/mol. The molecule has 0 amide bonds. The van der Waals surface area contributed by atoms with Crippen molar-refractivity contribution in [3.8, 4) is 11.5 Å². The molecule has 2 aromatic heterocycles. The minimum absolute atomic E-state index is 0.186. The molecule has 0 aliphatic heterocycles. The van der Waals surface area contributed by atoms with Gasteiger partial charge in [-0.15, -0.1) is 0 Å². The Bertz CT molecular complexity index is 623. The lowest BCUT2D eigenvalue weighted by Crippen LogP contribution is -2.38. The summed E-state index contributed by atoms with van der Waals surface area (Å²) in [5, 5.41) is 4.00. The van der Waals surface area contributed by atoms with Gasteiger partial charge in [0.2, 0.25) is 11.7 Å². The van der Waals surface area contributed by atoms with Gasteiger partial charge in [-0.25, -0.2) is 0 Å². The van der Waals surface area contributed by atoms with Gasteiger partial charge in [-0.3, -0.25) is 4.98 Å². The van der Waals surface area contributed by atoms with Crippen LogP contribution in [0, 0.1) is 0 Å². The molecule has 0 radical (unpaired) electrons. The van der Waals surface area contributed by atoms with Gasteiger partial charge in [0.1, 0.15) is 5.69 Å². The molecule has 3 rings (SSSR count). The van der Waals surface area contributed by atoms with Crippen molar-refractivity contribution in [2.24, 2.45) is 5.73 Å². The van der Waals surface area contributed by atoms with E-state index in [1.165, 1.54) is 12.8 Å². The first-order valence-corrected chi connectivity index (χ1v) is 8.07. The number of nitrogens with zero attached hydrogens (tertiary/aromatic N) is 3. The van der Waals surface area contributed by atoms with Gasteiger partial charge in [-0.1, -0.05) is 18.0 Å². The highest BCUT2D eigenvalue weighted by atomic mass is 79.9. The normalized spacial score (nSPS) is 17.6. The van der Waals surface area contributed by atoms with Crippen molar-refractivity contribution in [2.45, 2.75) is 37.6 Å². The number of rotatable bonds is 3. The highest BCUT2D eigenvalue weighted by Crippen LogP contribution is 2.31. The van der Waals surface area contributed by atoms with E-state index in [4.69, 9.17) is 10.3 Å². The Labute approximate surface area is 133 Å². The van der Waals surface area contributed by atoms with Crippen molar-refractivity contribution >= 4 is 31.9 Å². The van der Waals surface area contributed by atoms with Crippen LogP contribution in [0.3, 0.4) is 0 Å². The van der Waals surface area contributed by atoms with Crippen LogP contribution in [0.4, 0.5) is 0 Å². The van der Waals surface area contributed by atoms with Crippen molar-refractivity contribution in [3.63, 3.8) is 0 Å². The summed E-state index contributed by atoms with van der Waals surface area (Å²) in [6.07, 6.45) is 6.73. The molecule has 0 bridgehead atoms. The molecule has 0 aromatic carbocycles. The predicted molar refractivity (Wildman–Crippen MR) is 82.0 cm³/mol. The standard InChI is InChI=1S/C13H14Br2N4O/c14-8-5-9(15)11(17-7-8)12-18-10(20-19-12)6-13(16)3-1-2-4-13/h5,7H,1-4,6,16H2. The molecule has 106 valence electrons. The van der Waals surface area contributed by atoms with E-state index in [-0.39, 0.29) is 5.54 Å². The number of pyridine rings is 1. The lowest BCUT2D eigenvalue weighted by Gasteiger charge is -2.20. The van der Waals surface area contributed by atoms with Crippen molar-refractivity contribution < 1.29 is 4.52 Å². The van der Waals surface area contributed by atoms with Crippen LogP contribution in [-0.2, 0) is 6.42 Å². The molecule has 5 nitrogen and oxygen atoms in total. The second-order valence-electron chi connectivity index (χ2n) is 5.24. The van der Waals surface area contributed by atoms with Gasteiger partial charge in [0.25, 0.3) is 0 Å². The molecule has 0 unspecified atom stereocenters. The first kappa shape index (κ1) is 14.2. The zero-order chi connectivity index (χ0) is 14.2. The van der Waals surface area contributed by atoms with E-state index < -0.39 is 0 Å². The van der Waals surface area contributed by atoms with E-state index in [0.29, 0.717) is 23.8 Å². The van der Waals surface area contributed by atoms with Crippen molar-refractivity contribution in [2.75, 3.05) is 0 Å². The van der Waals surface area contributed by atoms with Gasteiger partial charge < -0.3 is 10.3 Å². The lowest BCUT2D eigenvalue weighted by atomic mass is 9.95. The van der Waals surface area contributed by atoms with Crippen molar-refractivity contribution in [1.29, 1.82) is 0 Å². The maximum Gasteiger partial charge on any atom is 0.228 e. The van der Waals surface area contributed by atoms with Crippen LogP contribution in [0.25, 0.3) is 11.5 Å². The quantitative estimate of drug-likeness (QED) is 0.851. The van der Waals surface area contributed by atoms with E-state index in [1.54, 1.807) is 6.20 Å². The fraction of sp³-hybridized carbons (Fsp3) is 0.462. The Balaban J connectivity index is 1.83. The summed E-state index contributed by atoms with van der Waals surface area (Å²) >= 11 is 6.82. The second kappa shape index (κ2) is 5.54. The molecule has 7 heteroatoms. The largest absolute Gasteiger partial charge is 0.339 e. The van der Waals surface area contributed by atoms with Crippen LogP contribution in [-0.4, -0.2) is 20.7 Å². The zero-order valence-electron chi connectivity index (χ0n) is 10.8. The van der Waals surface area contributed by atoms with Crippen LogP contribution in [0.5, 0.6) is 0 Å². The number of halogens is 2. The molecule has 0 atom stereocenters. The Hall–Kier alpha value is -0.790. The van der Waals surface area contributed by atoms with E-state index in [1.807, 2.05) is 6.07 Å². The molecule has 1 aliphatic carbocycles. The summed E-state index contributed by atoms with van der Waals surface area (Å²) in [7, 11) is 0. The molecular formula is C13H14Br2N4O. The minimum atomic E-state index is -0.186. The van der Waals surface area contributed by atoms with Gasteiger partial charge in [-0.2, -0.15) is 4.98 Å². The molecule has 0 spiro atoms. The van der Waals surface area contributed by atoms with Gasteiger partial charge in [0, 0.05) is 27.1 Å². The Morgan fingerprint density at radius 1 is 1.30 bits per heavy atom. The third kappa shape index (κ3) is 2.94. The number of nitrogens with two attached hydrogens (primary N) is 1. The van der Waals surface area contributed by atoms with Crippen LogP contribution < -0.4 is 5.73 Å². The number of hydrogen-bond donors (Lipinski definition) is 1. The maximum absolute atomic E-state index is 6.33. The van der Waals surface area contributed by atoms with Gasteiger partial charge in [-0.05, 0) is 50.8 Å². The minimum Gasteiger partial charge on any atom is -0.339 e. The third-order valence-corrected chi connectivity index (χ3v) is 4.63. The fourth-order valence-corrected chi connectivity index (χ4v) is 3.72. The third-order valence-electron chi connectivity index (χ3n) is 3.59. The van der Waals surface area contributed by atoms with E-state index in [0.717, 1.165) is 21.8 Å². The van der Waals surface area contributed by atoms with Crippen LogP contribution in [0.1, 0.15) is 31.6 Å². The summed E-state index contributed by atoms with van der Waals surface area (Å²) in [6.45, 7) is 0.